The maximum Gasteiger partial charge on any atom is 0.243 e. The van der Waals surface area contributed by atoms with Crippen molar-refractivity contribution < 1.29 is 33.5 Å². The SMILES string of the molecule is CCCCC(=O)NCCC(CCCC(=O)NC(Cc1ccccc1)C(=O)NC(CCCN=C(N)N)C(=O)N[C@@H](Cc1c[nH]/c2c1=CC/C=C\CC\C=2)C(=O)NCC(N)=O)c1ccc(OCC)cc1. The van der Waals surface area contributed by atoms with Gasteiger partial charge in [-0.2, -0.15) is 0 Å². The number of guanidine groups is 1. The van der Waals surface area contributed by atoms with Crippen molar-refractivity contribution >= 4 is 53.6 Å². The fourth-order valence-corrected chi connectivity index (χ4v) is 7.97. The molecule has 0 radical (unpaired) electrons. The number of aromatic nitrogens is 1. The van der Waals surface area contributed by atoms with Crippen molar-refractivity contribution in [2.45, 2.75) is 128 Å². The van der Waals surface area contributed by atoms with Crippen molar-refractivity contribution in [1.82, 2.24) is 31.6 Å². The number of benzene rings is 2. The van der Waals surface area contributed by atoms with Gasteiger partial charge in [-0.25, -0.2) is 0 Å². The first kappa shape index (κ1) is 53.7. The highest BCUT2D eigenvalue weighted by Crippen LogP contribution is 2.27. The number of H-pyrrole nitrogens is 1. The summed E-state index contributed by atoms with van der Waals surface area (Å²) in [5.74, 6) is -2.32. The van der Waals surface area contributed by atoms with Crippen molar-refractivity contribution in [3.05, 3.63) is 100 Å². The monoisotopic (exact) mass is 937 g/mol. The zero-order chi connectivity index (χ0) is 49.1. The molecule has 4 rings (SSSR count). The Hall–Kier alpha value is -6.91. The van der Waals surface area contributed by atoms with Crippen LogP contribution in [0.3, 0.4) is 0 Å². The van der Waals surface area contributed by atoms with Gasteiger partial charge < -0.3 is 53.5 Å². The number of carbonyl (C=O) groups is 6. The molecule has 12 N–H and O–H groups in total. The minimum absolute atomic E-state index is 0.0185. The Kier molecular flexibility index (Phi) is 23.4. The molecule has 1 aromatic heterocycles. The van der Waals surface area contributed by atoms with E-state index in [1.807, 2.05) is 74.5 Å². The van der Waals surface area contributed by atoms with Crippen molar-refractivity contribution in [2.75, 3.05) is 26.2 Å². The van der Waals surface area contributed by atoms with Crippen LogP contribution in [-0.4, -0.2) is 90.8 Å². The summed E-state index contributed by atoms with van der Waals surface area (Å²) in [6.45, 7) is 4.73. The highest BCUT2D eigenvalue weighted by molar-refractivity contribution is 5.95. The van der Waals surface area contributed by atoms with Gasteiger partial charge in [0.15, 0.2) is 5.96 Å². The van der Waals surface area contributed by atoms with Gasteiger partial charge >= 0.3 is 0 Å². The van der Waals surface area contributed by atoms with Gasteiger partial charge in [-0.15, -0.1) is 0 Å². The number of nitrogens with zero attached hydrogens (tertiary/aromatic N) is 1. The molecule has 4 atom stereocenters. The summed E-state index contributed by atoms with van der Waals surface area (Å²) in [4.78, 5) is 87.5. The highest BCUT2D eigenvalue weighted by Gasteiger charge is 2.30. The third-order valence-corrected chi connectivity index (χ3v) is 11.5. The first-order valence-electron chi connectivity index (χ1n) is 23.9. The van der Waals surface area contributed by atoms with Crippen LogP contribution in [0.15, 0.2) is 77.9 Å². The Morgan fingerprint density at radius 2 is 1.44 bits per heavy atom. The molecule has 17 nitrogen and oxygen atoms in total. The topological polar surface area (TPSA) is 278 Å². The first-order valence-corrected chi connectivity index (χ1v) is 23.9. The average molecular weight is 937 g/mol. The summed E-state index contributed by atoms with van der Waals surface area (Å²) in [7, 11) is 0. The van der Waals surface area contributed by atoms with E-state index < -0.39 is 48.3 Å². The van der Waals surface area contributed by atoms with Crippen LogP contribution in [-0.2, 0) is 41.6 Å². The highest BCUT2D eigenvalue weighted by atomic mass is 16.5. The van der Waals surface area contributed by atoms with Crippen molar-refractivity contribution in [1.29, 1.82) is 0 Å². The van der Waals surface area contributed by atoms with Gasteiger partial charge in [0.1, 0.15) is 23.9 Å². The molecule has 0 saturated carbocycles. The zero-order valence-corrected chi connectivity index (χ0v) is 39.7. The number of unbranched alkanes of at least 4 members (excludes halogenated alkanes) is 1. The molecule has 0 bridgehead atoms. The van der Waals surface area contributed by atoms with Gasteiger partial charge in [-0.05, 0) is 105 Å². The molecule has 0 saturated heterocycles. The number of hydrogen-bond acceptors (Lipinski definition) is 8. The molecular weight excluding hydrogens is 865 g/mol. The molecule has 68 heavy (non-hydrogen) atoms. The quantitative estimate of drug-likeness (QED) is 0.0213. The molecule has 0 fully saturated rings. The number of aromatic amines is 1. The second-order valence-corrected chi connectivity index (χ2v) is 16.9. The van der Waals surface area contributed by atoms with E-state index in [2.05, 4.69) is 54.8 Å². The minimum atomic E-state index is -1.18. The molecule has 2 aromatic carbocycles. The molecule has 6 amide bonds. The van der Waals surface area contributed by atoms with Gasteiger partial charge in [0.25, 0.3) is 0 Å². The number of fused-ring (bicyclic) bond motifs is 1. The Balaban J connectivity index is 1.53. The van der Waals surface area contributed by atoms with Gasteiger partial charge in [0, 0.05) is 50.3 Å². The Morgan fingerprint density at radius 3 is 2.16 bits per heavy atom. The van der Waals surface area contributed by atoms with Gasteiger partial charge in [0.05, 0.1) is 13.2 Å². The number of allylic oxidation sites excluding steroid dienone is 2. The lowest BCUT2D eigenvalue weighted by Gasteiger charge is -2.25. The van der Waals surface area contributed by atoms with E-state index in [4.69, 9.17) is 21.9 Å². The van der Waals surface area contributed by atoms with Crippen molar-refractivity contribution in [3.63, 3.8) is 0 Å². The lowest BCUT2D eigenvalue weighted by atomic mass is 9.90. The van der Waals surface area contributed by atoms with Crippen LogP contribution in [0, 0.1) is 0 Å². The lowest BCUT2D eigenvalue weighted by molar-refractivity contribution is -0.134. The third-order valence-electron chi connectivity index (χ3n) is 11.5. The Morgan fingerprint density at radius 1 is 0.721 bits per heavy atom. The summed E-state index contributed by atoms with van der Waals surface area (Å²) < 4.78 is 5.65. The van der Waals surface area contributed by atoms with E-state index in [1.54, 1.807) is 6.20 Å². The summed E-state index contributed by atoms with van der Waals surface area (Å²) >= 11 is 0. The van der Waals surface area contributed by atoms with E-state index in [-0.39, 0.29) is 62.3 Å². The van der Waals surface area contributed by atoms with Crippen LogP contribution in [0.4, 0.5) is 0 Å². The molecule has 0 spiro atoms. The molecule has 1 aliphatic rings. The standard InChI is InChI=1S/C51H72N10O7/c1-3-5-22-46(63)55-30-28-36(37-24-26-39(27-25-37)68-4-2)18-14-23-47(64)59-43(31-35-16-10-9-11-17-35)50(67)60-42(21-15-29-56-51(53)54)49(66)61-44(48(65)58-34-45(52)62)32-38-33-57-41-20-13-8-6-7-12-19-40(38)41/h6-7,9-11,16-17,19-20,24-27,33,36,42-44,57H,3-5,8,12-15,18,21-23,28-32,34H2,1-2H3,(H2,52,62)(H,55,63)(H,58,65)(H,59,64)(H,60,67)(H,61,66)(H4,53,54,56)/b7-6-,40-19?,41-20+/t36?,42?,43?,44-/m0/s1. The number of rotatable bonds is 29. The number of ether oxygens (including phenoxy) is 1. The maximum atomic E-state index is 14.4. The first-order chi connectivity index (χ1) is 32.9. The molecule has 17 heteroatoms. The zero-order valence-electron chi connectivity index (χ0n) is 39.7. The second kappa shape index (κ2) is 29.7. The molecule has 1 aliphatic carbocycles. The predicted octanol–water partition coefficient (Wildman–Crippen LogP) is 2.26. The number of nitrogens with two attached hydrogens (primary N) is 3. The average Bonchev–Trinajstić information content (AvgIpc) is 3.74. The van der Waals surface area contributed by atoms with Crippen LogP contribution in [0.5, 0.6) is 5.75 Å². The van der Waals surface area contributed by atoms with Crippen molar-refractivity contribution in [3.8, 4) is 5.75 Å². The van der Waals surface area contributed by atoms with E-state index in [0.717, 1.165) is 58.7 Å². The van der Waals surface area contributed by atoms with E-state index in [0.29, 0.717) is 45.3 Å². The molecule has 3 aromatic rings. The fourth-order valence-electron chi connectivity index (χ4n) is 7.97. The fraction of sp³-hybridized carbons (Fsp3) is 0.471. The second-order valence-electron chi connectivity index (χ2n) is 16.9. The summed E-state index contributed by atoms with van der Waals surface area (Å²) in [6, 6.07) is 13.7. The van der Waals surface area contributed by atoms with Crippen LogP contribution in [0.1, 0.15) is 114 Å². The Bertz CT molecular complexity index is 2270. The molecule has 3 unspecified atom stereocenters. The largest absolute Gasteiger partial charge is 0.494 e. The van der Waals surface area contributed by atoms with Crippen LogP contribution in [0.2, 0.25) is 0 Å². The van der Waals surface area contributed by atoms with Crippen molar-refractivity contribution in [2.24, 2.45) is 22.2 Å². The van der Waals surface area contributed by atoms with Gasteiger partial charge in [-0.1, -0.05) is 80.1 Å². The summed E-state index contributed by atoms with van der Waals surface area (Å²) in [5, 5.41) is 16.0. The molecule has 1 heterocycles. The predicted molar refractivity (Wildman–Crippen MR) is 265 cm³/mol. The van der Waals surface area contributed by atoms with Gasteiger partial charge in [0.2, 0.25) is 35.4 Å². The lowest BCUT2D eigenvalue weighted by Crippen LogP contribution is -2.58. The summed E-state index contributed by atoms with van der Waals surface area (Å²) in [6.07, 6.45) is 17.2. The van der Waals surface area contributed by atoms with E-state index in [9.17, 15) is 28.8 Å². The molecular formula is C51H72N10O7. The number of hydrogen-bond donors (Lipinski definition) is 9. The summed E-state index contributed by atoms with van der Waals surface area (Å²) in [5.41, 5.74) is 19.1. The number of aliphatic imine (C=N–C) groups is 1. The van der Waals surface area contributed by atoms with Crippen LogP contribution < -0.4 is 59.1 Å². The number of amides is 6. The number of nitrogens with one attached hydrogen (secondary N) is 6. The smallest absolute Gasteiger partial charge is 0.243 e. The third kappa shape index (κ3) is 19.5. The van der Waals surface area contributed by atoms with Crippen LogP contribution in [0.25, 0.3) is 12.2 Å². The number of carbonyl (C=O) groups excluding carboxylic acids is 6. The molecule has 0 aliphatic heterocycles. The normalized spacial score (nSPS) is 14.7. The number of primary amides is 1. The van der Waals surface area contributed by atoms with E-state index >= 15 is 0 Å². The molecule has 368 valence electrons. The minimum Gasteiger partial charge on any atom is -0.494 e. The maximum absolute atomic E-state index is 14.4. The van der Waals surface area contributed by atoms with E-state index in [1.165, 1.54) is 0 Å². The van der Waals surface area contributed by atoms with Gasteiger partial charge in [-0.3, -0.25) is 33.8 Å². The Labute approximate surface area is 399 Å². The van der Waals surface area contributed by atoms with Crippen LogP contribution >= 0.6 is 0 Å².